The highest BCUT2D eigenvalue weighted by Crippen LogP contribution is 2.27. The first-order chi connectivity index (χ1) is 7.18. The van der Waals surface area contributed by atoms with Gasteiger partial charge in [-0.2, -0.15) is 5.10 Å². The van der Waals surface area contributed by atoms with Crippen LogP contribution in [0.15, 0.2) is 23.7 Å². The summed E-state index contributed by atoms with van der Waals surface area (Å²) in [6.07, 6.45) is 1.72. The van der Waals surface area contributed by atoms with Crippen molar-refractivity contribution in [3.05, 3.63) is 29.4 Å². The van der Waals surface area contributed by atoms with Crippen LogP contribution in [0.2, 0.25) is 0 Å². The van der Waals surface area contributed by atoms with Crippen molar-refractivity contribution in [1.29, 1.82) is 0 Å². The number of aryl methyl sites for hydroxylation is 1. The van der Waals surface area contributed by atoms with Gasteiger partial charge in [0, 0.05) is 17.5 Å². The standard InChI is InChI=1S/C10H10N2O2S/c1-12-8(5-10(13)14)7(6-11-12)9-3-2-4-15-9/h2-4,6H,5H2,1H3,(H,13,14). The van der Waals surface area contributed by atoms with Gasteiger partial charge in [-0.15, -0.1) is 11.3 Å². The molecule has 0 saturated carbocycles. The molecular formula is C10H10N2O2S. The van der Waals surface area contributed by atoms with Gasteiger partial charge >= 0.3 is 5.97 Å². The van der Waals surface area contributed by atoms with Crippen LogP contribution in [0.25, 0.3) is 10.4 Å². The molecule has 0 amide bonds. The fourth-order valence-corrected chi connectivity index (χ4v) is 2.21. The Morgan fingerprint density at radius 1 is 1.67 bits per heavy atom. The van der Waals surface area contributed by atoms with Gasteiger partial charge in [0.05, 0.1) is 18.3 Å². The molecule has 1 N–H and O–H groups in total. The van der Waals surface area contributed by atoms with Gasteiger partial charge in [0.15, 0.2) is 0 Å². The van der Waals surface area contributed by atoms with E-state index in [1.165, 1.54) is 0 Å². The third-order valence-corrected chi connectivity index (χ3v) is 3.07. The largest absolute Gasteiger partial charge is 0.481 e. The van der Waals surface area contributed by atoms with Crippen molar-refractivity contribution in [1.82, 2.24) is 9.78 Å². The molecule has 0 spiro atoms. The molecule has 5 heteroatoms. The molecule has 15 heavy (non-hydrogen) atoms. The Morgan fingerprint density at radius 3 is 3.07 bits per heavy atom. The monoisotopic (exact) mass is 222 g/mol. The van der Waals surface area contributed by atoms with Crippen LogP contribution in [0.3, 0.4) is 0 Å². The number of hydrogen-bond donors (Lipinski definition) is 1. The van der Waals surface area contributed by atoms with Gasteiger partial charge in [-0.3, -0.25) is 9.48 Å². The van der Waals surface area contributed by atoms with E-state index < -0.39 is 5.97 Å². The molecule has 0 unspecified atom stereocenters. The van der Waals surface area contributed by atoms with Gasteiger partial charge in [0.1, 0.15) is 0 Å². The number of carboxylic acids is 1. The Bertz CT molecular complexity index is 474. The van der Waals surface area contributed by atoms with Gasteiger partial charge in [0.25, 0.3) is 0 Å². The van der Waals surface area contributed by atoms with Crippen LogP contribution < -0.4 is 0 Å². The third-order valence-electron chi connectivity index (χ3n) is 2.17. The minimum atomic E-state index is -0.837. The van der Waals surface area contributed by atoms with Crippen LogP contribution in [0.1, 0.15) is 5.69 Å². The van der Waals surface area contributed by atoms with Crippen molar-refractivity contribution in [2.45, 2.75) is 6.42 Å². The van der Waals surface area contributed by atoms with Gasteiger partial charge < -0.3 is 5.11 Å². The van der Waals surface area contributed by atoms with Crippen molar-refractivity contribution in [3.8, 4) is 10.4 Å². The fraction of sp³-hybridized carbons (Fsp3) is 0.200. The maximum atomic E-state index is 10.7. The molecule has 0 bridgehead atoms. The topological polar surface area (TPSA) is 55.1 Å². The number of aromatic nitrogens is 2. The molecule has 2 rings (SSSR count). The zero-order chi connectivity index (χ0) is 10.8. The van der Waals surface area contributed by atoms with Crippen LogP contribution in [-0.4, -0.2) is 20.9 Å². The van der Waals surface area contributed by atoms with E-state index in [0.717, 1.165) is 16.1 Å². The number of nitrogens with zero attached hydrogens (tertiary/aromatic N) is 2. The number of carboxylic acid groups (broad SMARTS) is 1. The quantitative estimate of drug-likeness (QED) is 0.861. The van der Waals surface area contributed by atoms with Crippen LogP contribution >= 0.6 is 11.3 Å². The molecule has 0 saturated heterocycles. The maximum Gasteiger partial charge on any atom is 0.309 e. The van der Waals surface area contributed by atoms with Gasteiger partial charge in [0.2, 0.25) is 0 Å². The van der Waals surface area contributed by atoms with E-state index in [1.54, 1.807) is 29.3 Å². The highest BCUT2D eigenvalue weighted by Gasteiger charge is 2.13. The van der Waals surface area contributed by atoms with E-state index in [4.69, 9.17) is 5.11 Å². The van der Waals surface area contributed by atoms with E-state index in [-0.39, 0.29) is 6.42 Å². The lowest BCUT2D eigenvalue weighted by Gasteiger charge is -2.01. The maximum absolute atomic E-state index is 10.7. The van der Waals surface area contributed by atoms with Gasteiger partial charge in [-0.25, -0.2) is 0 Å². The molecule has 0 aromatic carbocycles. The molecule has 0 atom stereocenters. The SMILES string of the molecule is Cn1ncc(-c2cccs2)c1CC(=O)O. The zero-order valence-corrected chi connectivity index (χ0v) is 8.99. The van der Waals surface area contributed by atoms with Crippen molar-refractivity contribution < 1.29 is 9.90 Å². The molecule has 2 aromatic rings. The highest BCUT2D eigenvalue weighted by atomic mass is 32.1. The van der Waals surface area contributed by atoms with Crippen molar-refractivity contribution in [3.63, 3.8) is 0 Å². The van der Waals surface area contributed by atoms with E-state index >= 15 is 0 Å². The Kier molecular flexibility index (Phi) is 2.55. The third kappa shape index (κ3) is 1.92. The summed E-state index contributed by atoms with van der Waals surface area (Å²) in [5.41, 5.74) is 1.65. The minimum absolute atomic E-state index is 0.00370. The summed E-state index contributed by atoms with van der Waals surface area (Å²) in [7, 11) is 1.76. The van der Waals surface area contributed by atoms with Crippen LogP contribution in [0.4, 0.5) is 0 Å². The molecule has 0 aliphatic carbocycles. The lowest BCUT2D eigenvalue weighted by Crippen LogP contribution is -2.06. The number of carbonyl (C=O) groups is 1. The van der Waals surface area contributed by atoms with E-state index in [1.807, 2.05) is 17.5 Å². The molecule has 2 heterocycles. The normalized spacial score (nSPS) is 10.5. The summed E-state index contributed by atoms with van der Waals surface area (Å²) in [5.74, 6) is -0.837. The fourth-order valence-electron chi connectivity index (χ4n) is 1.45. The molecule has 0 aliphatic heterocycles. The number of aliphatic carboxylic acids is 1. The summed E-state index contributed by atoms with van der Waals surface area (Å²) in [6.45, 7) is 0. The summed E-state index contributed by atoms with van der Waals surface area (Å²) in [6, 6.07) is 3.91. The van der Waals surface area contributed by atoms with Gasteiger partial charge in [-0.1, -0.05) is 6.07 Å². The molecule has 0 aliphatic rings. The lowest BCUT2D eigenvalue weighted by atomic mass is 10.1. The average molecular weight is 222 g/mol. The zero-order valence-electron chi connectivity index (χ0n) is 8.17. The van der Waals surface area contributed by atoms with E-state index in [0.29, 0.717) is 0 Å². The highest BCUT2D eigenvalue weighted by molar-refractivity contribution is 7.13. The number of hydrogen-bond acceptors (Lipinski definition) is 3. The minimum Gasteiger partial charge on any atom is -0.481 e. The molecule has 2 aromatic heterocycles. The Morgan fingerprint density at radius 2 is 2.47 bits per heavy atom. The van der Waals surface area contributed by atoms with Crippen molar-refractivity contribution in [2.24, 2.45) is 7.05 Å². The first-order valence-electron chi connectivity index (χ1n) is 4.45. The molecule has 78 valence electrons. The summed E-state index contributed by atoms with van der Waals surface area (Å²) >= 11 is 1.58. The number of thiophene rings is 1. The van der Waals surface area contributed by atoms with Crippen molar-refractivity contribution >= 4 is 17.3 Å². The van der Waals surface area contributed by atoms with Gasteiger partial charge in [-0.05, 0) is 11.4 Å². The molecular weight excluding hydrogens is 212 g/mol. The van der Waals surface area contributed by atoms with Crippen LogP contribution in [0, 0.1) is 0 Å². The van der Waals surface area contributed by atoms with E-state index in [9.17, 15) is 4.79 Å². The second kappa shape index (κ2) is 3.86. The Labute approximate surface area is 90.8 Å². The smallest absolute Gasteiger partial charge is 0.309 e. The molecule has 4 nitrogen and oxygen atoms in total. The van der Waals surface area contributed by atoms with Crippen LogP contribution in [0.5, 0.6) is 0 Å². The molecule has 0 fully saturated rings. The summed E-state index contributed by atoms with van der Waals surface area (Å²) < 4.78 is 1.61. The lowest BCUT2D eigenvalue weighted by molar-refractivity contribution is -0.136. The second-order valence-electron chi connectivity index (χ2n) is 3.18. The van der Waals surface area contributed by atoms with Crippen LogP contribution in [-0.2, 0) is 18.3 Å². The van der Waals surface area contributed by atoms with E-state index in [2.05, 4.69) is 5.10 Å². The summed E-state index contributed by atoms with van der Waals surface area (Å²) in [4.78, 5) is 11.8. The molecule has 0 radical (unpaired) electrons. The predicted molar refractivity (Wildman–Crippen MR) is 57.9 cm³/mol. The van der Waals surface area contributed by atoms with Crippen molar-refractivity contribution in [2.75, 3.05) is 0 Å². The Balaban J connectivity index is 2.44. The average Bonchev–Trinajstić information content (AvgIpc) is 2.76. The first kappa shape index (κ1) is 9.92. The Hall–Kier alpha value is -1.62. The number of rotatable bonds is 3. The summed E-state index contributed by atoms with van der Waals surface area (Å²) in [5, 5.41) is 14.8. The predicted octanol–water partition coefficient (Wildman–Crippen LogP) is 1.78. The second-order valence-corrected chi connectivity index (χ2v) is 4.12. The first-order valence-corrected chi connectivity index (χ1v) is 5.33.